The van der Waals surface area contributed by atoms with Crippen molar-refractivity contribution in [1.82, 2.24) is 0 Å². The second kappa shape index (κ2) is 3.55. The summed E-state index contributed by atoms with van der Waals surface area (Å²) in [6.45, 7) is 2.04. The summed E-state index contributed by atoms with van der Waals surface area (Å²) in [6.07, 6.45) is 6.22. The van der Waals surface area contributed by atoms with Crippen LogP contribution in [0.3, 0.4) is 0 Å². The van der Waals surface area contributed by atoms with Crippen LogP contribution in [-0.4, -0.2) is 16.7 Å². The number of aliphatic hydroxyl groups excluding tert-OH is 1. The zero-order chi connectivity index (χ0) is 8.32. The maximum absolute atomic E-state index is 9.47. The summed E-state index contributed by atoms with van der Waals surface area (Å²) < 4.78 is 0. The van der Waals surface area contributed by atoms with Crippen molar-refractivity contribution in [2.45, 2.75) is 57.1 Å². The largest absolute Gasteiger partial charge is 0.393 e. The molecule has 11 heavy (non-hydrogen) atoms. The minimum atomic E-state index is -0.162. The van der Waals surface area contributed by atoms with Crippen LogP contribution in [0.4, 0.5) is 0 Å². The number of hydrogen-bond acceptors (Lipinski definition) is 2. The predicted molar refractivity (Wildman–Crippen MR) is 46.3 cm³/mol. The summed E-state index contributed by atoms with van der Waals surface area (Å²) >= 11 is 0. The molecule has 0 spiro atoms. The van der Waals surface area contributed by atoms with Crippen LogP contribution in [0.1, 0.15) is 45.4 Å². The smallest absolute Gasteiger partial charge is 0.0557 e. The molecule has 1 saturated carbocycles. The number of hydrogen-bond donors (Lipinski definition) is 2. The molecule has 0 radical (unpaired) electrons. The lowest BCUT2D eigenvalue weighted by Gasteiger charge is -2.29. The third-order valence-corrected chi connectivity index (χ3v) is 2.49. The van der Waals surface area contributed by atoms with Crippen molar-refractivity contribution in [3.63, 3.8) is 0 Å². The van der Waals surface area contributed by atoms with Crippen LogP contribution in [0.2, 0.25) is 0 Å². The molecule has 0 amide bonds. The van der Waals surface area contributed by atoms with E-state index in [1.54, 1.807) is 0 Å². The summed E-state index contributed by atoms with van der Waals surface area (Å²) in [7, 11) is 0. The third-order valence-electron chi connectivity index (χ3n) is 2.49. The molecule has 0 bridgehead atoms. The summed E-state index contributed by atoms with van der Waals surface area (Å²) in [5.41, 5.74) is 5.85. The molecule has 0 saturated heterocycles. The highest BCUT2D eigenvalue weighted by Crippen LogP contribution is 2.23. The van der Waals surface area contributed by atoms with Crippen LogP contribution in [0.25, 0.3) is 0 Å². The van der Waals surface area contributed by atoms with Crippen molar-refractivity contribution in [2.75, 3.05) is 0 Å². The Balaban J connectivity index is 2.42. The zero-order valence-electron chi connectivity index (χ0n) is 7.34. The van der Waals surface area contributed by atoms with E-state index < -0.39 is 0 Å². The molecule has 0 aromatic carbocycles. The van der Waals surface area contributed by atoms with Gasteiger partial charge in [-0.15, -0.1) is 0 Å². The summed E-state index contributed by atoms with van der Waals surface area (Å²) in [5.74, 6) is 0. The van der Waals surface area contributed by atoms with Crippen LogP contribution in [0, 0.1) is 0 Å². The highest BCUT2D eigenvalue weighted by atomic mass is 16.3. The summed E-state index contributed by atoms with van der Waals surface area (Å²) in [5, 5.41) is 9.47. The number of nitrogens with two attached hydrogens (primary N) is 1. The Morgan fingerprint density at radius 1 is 1.36 bits per heavy atom. The van der Waals surface area contributed by atoms with Gasteiger partial charge in [0.05, 0.1) is 6.10 Å². The first kappa shape index (κ1) is 9.01. The lowest BCUT2D eigenvalue weighted by molar-refractivity contribution is 0.112. The molecular formula is C9H19NO. The molecule has 3 N–H and O–H groups in total. The molecule has 0 heterocycles. The van der Waals surface area contributed by atoms with Gasteiger partial charge in [0.15, 0.2) is 0 Å². The Hall–Kier alpha value is -0.0800. The topological polar surface area (TPSA) is 46.2 Å². The molecule has 1 rings (SSSR count). The van der Waals surface area contributed by atoms with Crippen LogP contribution >= 0.6 is 0 Å². The minimum Gasteiger partial charge on any atom is -0.393 e. The Kier molecular flexibility index (Phi) is 2.90. The van der Waals surface area contributed by atoms with Crippen LogP contribution < -0.4 is 5.73 Å². The first-order valence-corrected chi connectivity index (χ1v) is 4.57. The predicted octanol–water partition coefficient (Wildman–Crippen LogP) is 1.42. The maximum atomic E-state index is 9.47. The van der Waals surface area contributed by atoms with Crippen LogP contribution in [0.15, 0.2) is 0 Å². The van der Waals surface area contributed by atoms with Crippen molar-refractivity contribution < 1.29 is 5.11 Å². The van der Waals surface area contributed by atoms with E-state index >= 15 is 0 Å². The molecule has 66 valence electrons. The van der Waals surface area contributed by atoms with E-state index in [-0.39, 0.29) is 11.6 Å². The van der Waals surface area contributed by atoms with Gasteiger partial charge >= 0.3 is 0 Å². The molecule has 2 heteroatoms. The standard InChI is InChI=1S/C9H19NO/c1-9(10)6-4-2-3-5-8(11)7-9/h8,11H,2-7,10H2,1H3. The van der Waals surface area contributed by atoms with E-state index in [1.807, 2.05) is 6.92 Å². The molecule has 0 aromatic heterocycles. The molecule has 0 aromatic rings. The number of rotatable bonds is 0. The Morgan fingerprint density at radius 3 is 2.82 bits per heavy atom. The summed E-state index contributed by atoms with van der Waals surface area (Å²) in [6, 6.07) is 0. The van der Waals surface area contributed by atoms with Gasteiger partial charge in [-0.05, 0) is 26.2 Å². The van der Waals surface area contributed by atoms with Gasteiger partial charge in [0, 0.05) is 5.54 Å². The first-order chi connectivity index (χ1) is 5.10. The van der Waals surface area contributed by atoms with Crippen molar-refractivity contribution in [3.05, 3.63) is 0 Å². The van der Waals surface area contributed by atoms with E-state index in [0.29, 0.717) is 0 Å². The third kappa shape index (κ3) is 3.21. The lowest BCUT2D eigenvalue weighted by atomic mass is 9.85. The van der Waals surface area contributed by atoms with Gasteiger partial charge in [0.25, 0.3) is 0 Å². The fourth-order valence-corrected chi connectivity index (χ4v) is 1.83. The van der Waals surface area contributed by atoms with Crippen molar-refractivity contribution in [1.29, 1.82) is 0 Å². The Bertz CT molecular complexity index is 123. The molecule has 0 aliphatic heterocycles. The van der Waals surface area contributed by atoms with Crippen LogP contribution in [-0.2, 0) is 0 Å². The van der Waals surface area contributed by atoms with E-state index in [1.165, 1.54) is 12.8 Å². The van der Waals surface area contributed by atoms with E-state index in [4.69, 9.17) is 5.73 Å². The molecule has 2 atom stereocenters. The fourth-order valence-electron chi connectivity index (χ4n) is 1.83. The number of aliphatic hydroxyl groups is 1. The van der Waals surface area contributed by atoms with Gasteiger partial charge in [-0.1, -0.05) is 19.3 Å². The fraction of sp³-hybridized carbons (Fsp3) is 1.00. The highest BCUT2D eigenvalue weighted by Gasteiger charge is 2.23. The molecule has 2 unspecified atom stereocenters. The van der Waals surface area contributed by atoms with E-state index in [9.17, 15) is 5.11 Å². The normalized spacial score (nSPS) is 41.2. The van der Waals surface area contributed by atoms with Gasteiger partial charge in [0.2, 0.25) is 0 Å². The second-order valence-electron chi connectivity index (χ2n) is 4.11. The molecule has 1 fully saturated rings. The van der Waals surface area contributed by atoms with Gasteiger partial charge in [-0.2, -0.15) is 0 Å². The van der Waals surface area contributed by atoms with Crippen molar-refractivity contribution >= 4 is 0 Å². The van der Waals surface area contributed by atoms with Crippen molar-refractivity contribution in [3.8, 4) is 0 Å². The average molecular weight is 157 g/mol. The van der Waals surface area contributed by atoms with Gasteiger partial charge < -0.3 is 10.8 Å². The maximum Gasteiger partial charge on any atom is 0.0557 e. The monoisotopic (exact) mass is 157 g/mol. The molecule has 1 aliphatic carbocycles. The van der Waals surface area contributed by atoms with Gasteiger partial charge in [-0.3, -0.25) is 0 Å². The lowest BCUT2D eigenvalue weighted by Crippen LogP contribution is -2.40. The summed E-state index contributed by atoms with van der Waals surface area (Å²) in [4.78, 5) is 0. The van der Waals surface area contributed by atoms with Gasteiger partial charge in [0.1, 0.15) is 0 Å². The minimum absolute atomic E-state index is 0.125. The van der Waals surface area contributed by atoms with Gasteiger partial charge in [-0.25, -0.2) is 0 Å². The molecule has 1 aliphatic rings. The van der Waals surface area contributed by atoms with E-state index in [2.05, 4.69) is 0 Å². The Labute approximate surface area is 68.8 Å². The molecule has 2 nitrogen and oxygen atoms in total. The molecular weight excluding hydrogens is 138 g/mol. The first-order valence-electron chi connectivity index (χ1n) is 4.57. The average Bonchev–Trinajstić information content (AvgIpc) is 1.82. The second-order valence-corrected chi connectivity index (χ2v) is 4.11. The SMILES string of the molecule is CC1(N)CCCCCC(O)C1. The quantitative estimate of drug-likeness (QED) is 0.558. The highest BCUT2D eigenvalue weighted by molar-refractivity contribution is 4.83. The van der Waals surface area contributed by atoms with E-state index in [0.717, 1.165) is 25.7 Å². The van der Waals surface area contributed by atoms with Crippen LogP contribution in [0.5, 0.6) is 0 Å². The zero-order valence-corrected chi connectivity index (χ0v) is 7.34. The van der Waals surface area contributed by atoms with Crippen molar-refractivity contribution in [2.24, 2.45) is 5.73 Å². The Morgan fingerprint density at radius 2 is 2.09 bits per heavy atom.